The number of carbonyl (C=O) groups excluding carboxylic acids is 2. The van der Waals surface area contributed by atoms with Gasteiger partial charge in [-0.2, -0.15) is 13.2 Å². The van der Waals surface area contributed by atoms with E-state index in [0.717, 1.165) is 43.7 Å². The lowest BCUT2D eigenvalue weighted by Crippen LogP contribution is -2.40. The molecule has 0 N–H and O–H groups in total. The molecule has 6 nitrogen and oxygen atoms in total. The Bertz CT molecular complexity index is 1350. The van der Waals surface area contributed by atoms with Gasteiger partial charge in [-0.15, -0.1) is 0 Å². The molecule has 0 radical (unpaired) electrons. The number of allylic oxidation sites excluding steroid dienone is 2. The standard InChI is InChI=1S/C33H37F3N2O4/c1-5-41-31(39)27-21(3)38(30(23-15-9-7-10-16-23)37-24-17-11-8-12-18-24)22(4)28(32(40)42-6-2)29(27)25-19-13-14-20-26(25)33(34,35)36/h7,9-10,13-16,19-20,24,29H,5-6,8,11-12,17-18H2,1-4H3. The van der Waals surface area contributed by atoms with Crippen molar-refractivity contribution in [1.29, 1.82) is 0 Å². The predicted octanol–water partition coefficient (Wildman–Crippen LogP) is 7.56. The van der Waals surface area contributed by atoms with E-state index in [1.54, 1.807) is 32.6 Å². The molecule has 4 rings (SSSR count). The summed E-state index contributed by atoms with van der Waals surface area (Å²) in [5.74, 6) is -2.46. The molecule has 224 valence electrons. The molecule has 0 amide bonds. The van der Waals surface area contributed by atoms with Gasteiger partial charge < -0.3 is 14.4 Å². The Labute approximate surface area is 244 Å². The first-order valence-electron chi connectivity index (χ1n) is 14.4. The van der Waals surface area contributed by atoms with Crippen LogP contribution >= 0.6 is 0 Å². The Balaban J connectivity index is 2.06. The van der Waals surface area contributed by atoms with Crippen LogP contribution in [0.25, 0.3) is 0 Å². The number of rotatable bonds is 7. The maximum atomic E-state index is 14.3. The molecule has 0 saturated heterocycles. The minimum absolute atomic E-state index is 0.00237. The lowest BCUT2D eigenvalue weighted by Gasteiger charge is -2.39. The van der Waals surface area contributed by atoms with Crippen LogP contribution in [0.2, 0.25) is 0 Å². The quantitative estimate of drug-likeness (QED) is 0.192. The van der Waals surface area contributed by atoms with E-state index in [2.05, 4.69) is 0 Å². The van der Waals surface area contributed by atoms with E-state index in [9.17, 15) is 22.8 Å². The molecule has 1 aliphatic heterocycles. The first kappa shape index (κ1) is 31.1. The van der Waals surface area contributed by atoms with Crippen LogP contribution in [0.3, 0.4) is 0 Å². The number of nitrogens with zero attached hydrogens (tertiary/aromatic N) is 2. The number of hydrogen-bond donors (Lipinski definition) is 0. The minimum atomic E-state index is -4.73. The van der Waals surface area contributed by atoms with E-state index in [1.807, 2.05) is 30.3 Å². The molecular weight excluding hydrogens is 545 g/mol. The Hall–Kier alpha value is -3.88. The Kier molecular flexibility index (Phi) is 9.91. The van der Waals surface area contributed by atoms with Gasteiger partial charge in [0, 0.05) is 17.0 Å². The van der Waals surface area contributed by atoms with E-state index >= 15 is 0 Å². The molecule has 0 aromatic heterocycles. The molecule has 42 heavy (non-hydrogen) atoms. The van der Waals surface area contributed by atoms with Gasteiger partial charge >= 0.3 is 18.1 Å². The second kappa shape index (κ2) is 13.4. The number of halogens is 3. The first-order valence-corrected chi connectivity index (χ1v) is 14.4. The van der Waals surface area contributed by atoms with Gasteiger partial charge in [-0.25, -0.2) is 9.59 Å². The summed E-state index contributed by atoms with van der Waals surface area (Å²) in [5, 5.41) is 0. The third-order valence-corrected chi connectivity index (χ3v) is 7.72. The van der Waals surface area contributed by atoms with Gasteiger partial charge in [0.25, 0.3) is 0 Å². The Morgan fingerprint density at radius 1 is 0.833 bits per heavy atom. The van der Waals surface area contributed by atoms with Crippen LogP contribution in [0.5, 0.6) is 0 Å². The SMILES string of the molecule is CCOC(=O)C1=C(C)N(C(=NC2CCCCC2)c2ccccc2)C(C)=C(C(=O)OCC)C1c1ccccc1C(F)(F)F. The largest absolute Gasteiger partial charge is 0.463 e. The fourth-order valence-corrected chi connectivity index (χ4v) is 5.87. The Morgan fingerprint density at radius 2 is 1.36 bits per heavy atom. The number of benzene rings is 2. The highest BCUT2D eigenvalue weighted by atomic mass is 19.4. The lowest BCUT2D eigenvalue weighted by atomic mass is 9.77. The smallest absolute Gasteiger partial charge is 0.416 e. The second-order valence-corrected chi connectivity index (χ2v) is 10.4. The molecule has 0 unspecified atom stereocenters. The highest BCUT2D eigenvalue weighted by Gasteiger charge is 2.45. The van der Waals surface area contributed by atoms with Gasteiger partial charge in [0.15, 0.2) is 0 Å². The molecule has 2 aliphatic rings. The van der Waals surface area contributed by atoms with Crippen LogP contribution in [0.4, 0.5) is 13.2 Å². The van der Waals surface area contributed by atoms with Crippen LogP contribution in [0.15, 0.2) is 82.1 Å². The maximum absolute atomic E-state index is 14.3. The summed E-state index contributed by atoms with van der Waals surface area (Å²) in [6.07, 6.45) is 0.275. The predicted molar refractivity (Wildman–Crippen MR) is 155 cm³/mol. The number of aliphatic imine (C=N–C) groups is 1. The van der Waals surface area contributed by atoms with Gasteiger partial charge in [-0.05, 0) is 52.2 Å². The molecular formula is C33H37F3N2O4. The third kappa shape index (κ3) is 6.45. The zero-order chi connectivity index (χ0) is 30.4. The van der Waals surface area contributed by atoms with Gasteiger partial charge in [0.2, 0.25) is 0 Å². The van der Waals surface area contributed by atoms with Gasteiger partial charge in [0.1, 0.15) is 5.84 Å². The van der Waals surface area contributed by atoms with E-state index in [1.165, 1.54) is 18.2 Å². The molecule has 0 atom stereocenters. The van der Waals surface area contributed by atoms with Crippen molar-refractivity contribution in [2.75, 3.05) is 13.2 Å². The summed E-state index contributed by atoms with van der Waals surface area (Å²) in [5.41, 5.74) is 0.164. The molecule has 1 heterocycles. The highest BCUT2D eigenvalue weighted by molar-refractivity contribution is 6.06. The fraction of sp³-hybridized carbons (Fsp3) is 0.424. The van der Waals surface area contributed by atoms with Crippen molar-refractivity contribution >= 4 is 17.8 Å². The number of ether oxygens (including phenoxy) is 2. The molecule has 2 aromatic rings. The van der Waals surface area contributed by atoms with Crippen LogP contribution in [0.1, 0.15) is 82.4 Å². The molecule has 2 aromatic carbocycles. The average Bonchev–Trinajstić information content (AvgIpc) is 2.97. The van der Waals surface area contributed by atoms with Gasteiger partial charge in [-0.1, -0.05) is 67.8 Å². The average molecular weight is 583 g/mol. The number of esters is 2. The second-order valence-electron chi connectivity index (χ2n) is 10.4. The molecule has 1 saturated carbocycles. The zero-order valence-corrected chi connectivity index (χ0v) is 24.5. The number of carbonyl (C=O) groups is 2. The van der Waals surface area contributed by atoms with Crippen molar-refractivity contribution < 1.29 is 32.2 Å². The third-order valence-electron chi connectivity index (χ3n) is 7.72. The van der Waals surface area contributed by atoms with E-state index in [-0.39, 0.29) is 36.0 Å². The van der Waals surface area contributed by atoms with Crippen LogP contribution in [-0.2, 0) is 25.2 Å². The van der Waals surface area contributed by atoms with Crippen LogP contribution < -0.4 is 0 Å². The fourth-order valence-electron chi connectivity index (χ4n) is 5.87. The van der Waals surface area contributed by atoms with Crippen molar-refractivity contribution in [2.45, 2.75) is 77.9 Å². The summed E-state index contributed by atoms with van der Waals surface area (Å²) >= 11 is 0. The number of hydrogen-bond acceptors (Lipinski definition) is 5. The number of amidine groups is 1. The highest BCUT2D eigenvalue weighted by Crippen LogP contribution is 2.47. The molecule has 0 bridgehead atoms. The van der Waals surface area contributed by atoms with Crippen molar-refractivity contribution in [2.24, 2.45) is 4.99 Å². The maximum Gasteiger partial charge on any atom is 0.416 e. The van der Waals surface area contributed by atoms with E-state index in [0.29, 0.717) is 17.2 Å². The lowest BCUT2D eigenvalue weighted by molar-refractivity contribution is -0.142. The van der Waals surface area contributed by atoms with Gasteiger partial charge in [0.05, 0.1) is 41.9 Å². The van der Waals surface area contributed by atoms with Gasteiger partial charge in [-0.3, -0.25) is 4.99 Å². The molecule has 0 spiro atoms. The summed E-state index contributed by atoms with van der Waals surface area (Å²) in [4.78, 5) is 34.2. The summed E-state index contributed by atoms with van der Waals surface area (Å²) in [6, 6.07) is 14.4. The minimum Gasteiger partial charge on any atom is -0.463 e. The van der Waals surface area contributed by atoms with Crippen molar-refractivity contribution in [1.82, 2.24) is 4.90 Å². The Morgan fingerprint density at radius 3 is 1.88 bits per heavy atom. The van der Waals surface area contributed by atoms with E-state index < -0.39 is 29.6 Å². The van der Waals surface area contributed by atoms with Crippen molar-refractivity contribution in [3.63, 3.8) is 0 Å². The first-order chi connectivity index (χ1) is 20.1. The van der Waals surface area contributed by atoms with E-state index in [4.69, 9.17) is 14.5 Å². The topological polar surface area (TPSA) is 68.2 Å². The summed E-state index contributed by atoms with van der Waals surface area (Å²) < 4.78 is 53.9. The number of alkyl halides is 3. The summed E-state index contributed by atoms with van der Waals surface area (Å²) in [7, 11) is 0. The zero-order valence-electron chi connectivity index (χ0n) is 24.5. The molecule has 1 aliphatic carbocycles. The monoisotopic (exact) mass is 582 g/mol. The summed E-state index contributed by atoms with van der Waals surface area (Å²) in [6.45, 7) is 6.59. The van der Waals surface area contributed by atoms with Crippen molar-refractivity contribution in [3.05, 3.63) is 93.8 Å². The van der Waals surface area contributed by atoms with Crippen LogP contribution in [0, 0.1) is 0 Å². The van der Waals surface area contributed by atoms with Crippen LogP contribution in [-0.4, -0.2) is 41.9 Å². The molecule has 9 heteroatoms. The van der Waals surface area contributed by atoms with Crippen molar-refractivity contribution in [3.8, 4) is 0 Å². The normalized spacial score (nSPS) is 17.5. The molecule has 1 fully saturated rings.